The molecule has 1 aliphatic rings. The van der Waals surface area contributed by atoms with Gasteiger partial charge in [-0.25, -0.2) is 4.98 Å². The van der Waals surface area contributed by atoms with Crippen molar-refractivity contribution >= 4 is 50.7 Å². The molecule has 20 heavy (non-hydrogen) atoms. The first-order valence-corrected chi connectivity index (χ1v) is 7.04. The molecule has 1 aromatic heterocycles. The smallest absolute Gasteiger partial charge is 0.226 e. The lowest BCUT2D eigenvalue weighted by Gasteiger charge is -2.07. The Morgan fingerprint density at radius 2 is 1.60 bits per heavy atom. The van der Waals surface area contributed by atoms with E-state index in [0.29, 0.717) is 5.82 Å². The molecule has 0 spiro atoms. The van der Waals surface area contributed by atoms with Crippen LogP contribution in [-0.2, 0) is 0 Å². The van der Waals surface area contributed by atoms with Gasteiger partial charge in [0.25, 0.3) is 0 Å². The first kappa shape index (κ1) is 13.5. The molecule has 0 saturated carbocycles. The van der Waals surface area contributed by atoms with Crippen molar-refractivity contribution in [3.63, 3.8) is 0 Å². The maximum absolute atomic E-state index is 12.0. The summed E-state index contributed by atoms with van der Waals surface area (Å²) in [7, 11) is 0. The number of nitrogens with zero attached hydrogens (tertiary/aromatic N) is 1. The number of aromatic nitrogens is 2. The second kappa shape index (κ2) is 4.84. The maximum atomic E-state index is 12.0. The fraction of sp³-hybridized carbons (Fsp3) is 0. The highest BCUT2D eigenvalue weighted by Gasteiger charge is 2.34. The summed E-state index contributed by atoms with van der Waals surface area (Å²) in [5.41, 5.74) is 0.820. The summed E-state index contributed by atoms with van der Waals surface area (Å²) in [5, 5.41) is -0.576. The number of fused-ring (bicyclic) bond motifs is 1. The standard InChI is InChI=1S/C13H5BrCl2N2O2/c14-6-3-1-5(2-4-6)13-17-9-10(18-13)12(20)8(16)7(15)11(9)19/h1-4H,(H,17,18). The Labute approximate surface area is 131 Å². The quantitative estimate of drug-likeness (QED) is 0.826. The predicted molar refractivity (Wildman–Crippen MR) is 79.1 cm³/mol. The molecule has 100 valence electrons. The Kier molecular flexibility index (Phi) is 3.28. The van der Waals surface area contributed by atoms with Crippen LogP contribution in [-0.4, -0.2) is 21.5 Å². The van der Waals surface area contributed by atoms with E-state index in [4.69, 9.17) is 23.2 Å². The summed E-state index contributed by atoms with van der Waals surface area (Å²) < 4.78 is 0.914. The molecule has 1 N–H and O–H groups in total. The highest BCUT2D eigenvalue weighted by molar-refractivity contribution is 9.10. The van der Waals surface area contributed by atoms with Gasteiger partial charge in [0.2, 0.25) is 11.6 Å². The van der Waals surface area contributed by atoms with Crippen LogP contribution < -0.4 is 0 Å². The van der Waals surface area contributed by atoms with Gasteiger partial charge in [0, 0.05) is 10.0 Å². The molecule has 0 fully saturated rings. The van der Waals surface area contributed by atoms with Crippen molar-refractivity contribution in [1.29, 1.82) is 0 Å². The van der Waals surface area contributed by atoms with Gasteiger partial charge in [-0.2, -0.15) is 0 Å². The number of carbonyl (C=O) groups is 2. The largest absolute Gasteiger partial charge is 0.335 e. The number of halogens is 3. The Hall–Kier alpha value is -1.43. The van der Waals surface area contributed by atoms with E-state index in [-0.39, 0.29) is 21.5 Å². The van der Waals surface area contributed by atoms with Crippen LogP contribution in [0.5, 0.6) is 0 Å². The van der Waals surface area contributed by atoms with Crippen molar-refractivity contribution in [3.8, 4) is 11.4 Å². The van der Waals surface area contributed by atoms with Gasteiger partial charge >= 0.3 is 0 Å². The minimum Gasteiger partial charge on any atom is -0.335 e. The lowest BCUT2D eigenvalue weighted by atomic mass is 10.1. The van der Waals surface area contributed by atoms with Gasteiger partial charge in [-0.05, 0) is 12.1 Å². The second-order valence-electron chi connectivity index (χ2n) is 4.10. The number of rotatable bonds is 1. The molecule has 0 aliphatic heterocycles. The molecule has 1 aromatic carbocycles. The summed E-state index contributed by atoms with van der Waals surface area (Å²) in [6.45, 7) is 0. The van der Waals surface area contributed by atoms with Crippen LogP contribution >= 0.6 is 39.1 Å². The van der Waals surface area contributed by atoms with Gasteiger partial charge in [-0.15, -0.1) is 0 Å². The summed E-state index contributed by atoms with van der Waals surface area (Å²) in [4.78, 5) is 30.9. The van der Waals surface area contributed by atoms with E-state index in [1.807, 2.05) is 12.1 Å². The van der Waals surface area contributed by atoms with Gasteiger partial charge in [-0.1, -0.05) is 51.3 Å². The van der Waals surface area contributed by atoms with Crippen LogP contribution in [0.1, 0.15) is 21.0 Å². The van der Waals surface area contributed by atoms with E-state index in [1.54, 1.807) is 12.1 Å². The molecule has 4 nitrogen and oxygen atoms in total. The number of benzene rings is 1. The van der Waals surface area contributed by atoms with Crippen molar-refractivity contribution in [2.24, 2.45) is 0 Å². The van der Waals surface area contributed by atoms with Gasteiger partial charge in [-0.3, -0.25) is 9.59 Å². The lowest BCUT2D eigenvalue weighted by Crippen LogP contribution is -2.17. The van der Waals surface area contributed by atoms with E-state index in [1.165, 1.54) is 0 Å². The number of nitrogens with one attached hydrogen (secondary N) is 1. The lowest BCUT2D eigenvalue weighted by molar-refractivity contribution is 0.0982. The highest BCUT2D eigenvalue weighted by Crippen LogP contribution is 2.31. The minimum atomic E-state index is -0.550. The van der Waals surface area contributed by atoms with E-state index in [0.717, 1.165) is 10.0 Å². The number of carbonyl (C=O) groups excluding carboxylic acids is 2. The van der Waals surface area contributed by atoms with E-state index >= 15 is 0 Å². The molecule has 7 heteroatoms. The summed E-state index contributed by atoms with van der Waals surface area (Å²) in [5.74, 6) is -0.659. The number of aromatic amines is 1. The minimum absolute atomic E-state index is 0.00215. The van der Waals surface area contributed by atoms with Crippen LogP contribution in [0.25, 0.3) is 11.4 Å². The highest BCUT2D eigenvalue weighted by atomic mass is 79.9. The first-order valence-electron chi connectivity index (χ1n) is 5.49. The van der Waals surface area contributed by atoms with Crippen molar-refractivity contribution in [2.75, 3.05) is 0 Å². The van der Waals surface area contributed by atoms with E-state index < -0.39 is 11.6 Å². The average molecular weight is 372 g/mol. The molecular formula is C13H5BrCl2N2O2. The third kappa shape index (κ3) is 2.02. The van der Waals surface area contributed by atoms with Crippen LogP contribution in [0.2, 0.25) is 0 Å². The number of imidazole rings is 1. The molecule has 1 heterocycles. The number of ketones is 2. The molecule has 0 bridgehead atoms. The number of Topliss-reactive ketones (excluding diaryl/α,β-unsaturated/α-hetero) is 2. The predicted octanol–water partition coefficient (Wildman–Crippen LogP) is 3.91. The average Bonchev–Trinajstić information content (AvgIpc) is 2.89. The van der Waals surface area contributed by atoms with Gasteiger partial charge in [0.05, 0.1) is 0 Å². The molecule has 3 rings (SSSR count). The number of H-pyrrole nitrogens is 1. The molecule has 0 unspecified atom stereocenters. The van der Waals surface area contributed by atoms with Crippen LogP contribution in [0.4, 0.5) is 0 Å². The van der Waals surface area contributed by atoms with Gasteiger partial charge < -0.3 is 4.98 Å². The zero-order valence-corrected chi connectivity index (χ0v) is 12.8. The SMILES string of the molecule is O=C1C(Cl)=C(Cl)C(=O)c2[nH]c(-c3ccc(Br)cc3)nc21. The van der Waals surface area contributed by atoms with Crippen LogP contribution in [0.15, 0.2) is 38.8 Å². The zero-order chi connectivity index (χ0) is 14.4. The first-order chi connectivity index (χ1) is 9.49. The Bertz CT molecular complexity index is 737. The number of hydrogen-bond donors (Lipinski definition) is 1. The maximum Gasteiger partial charge on any atom is 0.226 e. The third-order valence-corrected chi connectivity index (χ3v) is 4.20. The molecule has 0 atom stereocenters. The van der Waals surface area contributed by atoms with Gasteiger partial charge in [0.15, 0.2) is 0 Å². The monoisotopic (exact) mass is 370 g/mol. The zero-order valence-electron chi connectivity index (χ0n) is 9.71. The van der Waals surface area contributed by atoms with Crippen molar-refractivity contribution in [2.45, 2.75) is 0 Å². The molecule has 2 aromatic rings. The Morgan fingerprint density at radius 1 is 1.00 bits per heavy atom. The molecule has 0 radical (unpaired) electrons. The van der Waals surface area contributed by atoms with Gasteiger partial charge in [0.1, 0.15) is 27.3 Å². The topological polar surface area (TPSA) is 62.8 Å². The van der Waals surface area contributed by atoms with Crippen molar-refractivity contribution in [1.82, 2.24) is 9.97 Å². The summed E-state index contributed by atoms with van der Waals surface area (Å²) in [6, 6.07) is 7.28. The van der Waals surface area contributed by atoms with Crippen molar-refractivity contribution < 1.29 is 9.59 Å². The molecular weight excluding hydrogens is 367 g/mol. The van der Waals surface area contributed by atoms with E-state index in [2.05, 4.69) is 25.9 Å². The van der Waals surface area contributed by atoms with Crippen LogP contribution in [0.3, 0.4) is 0 Å². The summed E-state index contributed by atoms with van der Waals surface area (Å²) >= 11 is 14.8. The Morgan fingerprint density at radius 3 is 2.25 bits per heavy atom. The second-order valence-corrected chi connectivity index (χ2v) is 5.77. The van der Waals surface area contributed by atoms with Crippen molar-refractivity contribution in [3.05, 3.63) is 50.2 Å². The number of allylic oxidation sites excluding steroid dienone is 2. The number of hydrogen-bond acceptors (Lipinski definition) is 3. The molecule has 1 aliphatic carbocycles. The summed E-state index contributed by atoms with van der Waals surface area (Å²) in [6.07, 6.45) is 0. The third-order valence-electron chi connectivity index (χ3n) is 2.86. The molecule has 0 amide bonds. The fourth-order valence-electron chi connectivity index (χ4n) is 1.86. The van der Waals surface area contributed by atoms with Crippen LogP contribution in [0, 0.1) is 0 Å². The normalized spacial score (nSPS) is 14.8. The van der Waals surface area contributed by atoms with E-state index in [9.17, 15) is 9.59 Å². The fourth-order valence-corrected chi connectivity index (χ4v) is 2.48. The molecule has 0 saturated heterocycles. The Balaban J connectivity index is 2.13.